The molecule has 1 atom stereocenters. The van der Waals surface area contributed by atoms with Crippen molar-refractivity contribution in [3.8, 4) is 0 Å². The van der Waals surface area contributed by atoms with Crippen LogP contribution in [0.15, 0.2) is 0 Å². The zero-order valence-corrected chi connectivity index (χ0v) is 8.83. The minimum Gasteiger partial charge on any atom is -0.380 e. The van der Waals surface area contributed by atoms with Gasteiger partial charge in [-0.3, -0.25) is 4.90 Å². The van der Waals surface area contributed by atoms with E-state index in [1.54, 1.807) is 0 Å². The maximum absolute atomic E-state index is 5.65. The summed E-state index contributed by atoms with van der Waals surface area (Å²) in [5.74, 6) is 0.945. The highest BCUT2D eigenvalue weighted by Gasteiger charge is 2.36. The Kier molecular flexibility index (Phi) is 2.89. The summed E-state index contributed by atoms with van der Waals surface area (Å²) in [5, 5.41) is 0. The Morgan fingerprint density at radius 3 is 2.69 bits per heavy atom. The lowest BCUT2D eigenvalue weighted by molar-refractivity contribution is 0.0756. The molecule has 2 aliphatic rings. The fraction of sp³-hybridized carbons (Fsp3) is 1.00. The van der Waals surface area contributed by atoms with Crippen molar-refractivity contribution < 1.29 is 4.74 Å². The molecule has 1 saturated carbocycles. The highest BCUT2D eigenvalue weighted by Crippen LogP contribution is 2.36. The summed E-state index contributed by atoms with van der Waals surface area (Å²) >= 11 is 0. The van der Waals surface area contributed by atoms with E-state index in [1.165, 1.54) is 25.8 Å². The summed E-state index contributed by atoms with van der Waals surface area (Å²) in [5.41, 5.74) is 0. The molecule has 2 nitrogen and oxygen atoms in total. The van der Waals surface area contributed by atoms with Crippen LogP contribution in [-0.4, -0.2) is 36.7 Å². The molecule has 0 aromatic carbocycles. The van der Waals surface area contributed by atoms with Crippen LogP contribution in [0.4, 0.5) is 0 Å². The van der Waals surface area contributed by atoms with E-state index in [9.17, 15) is 0 Å². The van der Waals surface area contributed by atoms with Crippen molar-refractivity contribution in [2.75, 3.05) is 19.8 Å². The summed E-state index contributed by atoms with van der Waals surface area (Å²) in [6.07, 6.45) is 4.07. The van der Waals surface area contributed by atoms with Crippen LogP contribution in [0.5, 0.6) is 0 Å². The van der Waals surface area contributed by atoms with Crippen LogP contribution in [0.2, 0.25) is 0 Å². The fourth-order valence-corrected chi connectivity index (χ4v) is 2.34. The normalized spacial score (nSPS) is 32.1. The van der Waals surface area contributed by atoms with E-state index in [4.69, 9.17) is 4.74 Å². The number of nitrogens with zero attached hydrogens (tertiary/aromatic N) is 1. The van der Waals surface area contributed by atoms with Gasteiger partial charge in [0.15, 0.2) is 0 Å². The number of hydrogen-bond donors (Lipinski definition) is 0. The Hall–Kier alpha value is -0.0800. The molecule has 0 N–H and O–H groups in total. The third kappa shape index (κ3) is 2.23. The zero-order chi connectivity index (χ0) is 9.26. The average Bonchev–Trinajstić information content (AvgIpc) is 2.91. The van der Waals surface area contributed by atoms with Gasteiger partial charge in [-0.25, -0.2) is 0 Å². The van der Waals surface area contributed by atoms with Gasteiger partial charge in [-0.2, -0.15) is 0 Å². The number of ether oxygens (including phenoxy) is 1. The van der Waals surface area contributed by atoms with E-state index in [-0.39, 0.29) is 0 Å². The smallest absolute Gasteiger partial charge is 0.0624 e. The van der Waals surface area contributed by atoms with Crippen LogP contribution in [0.3, 0.4) is 0 Å². The van der Waals surface area contributed by atoms with Crippen LogP contribution >= 0.6 is 0 Å². The standard InChI is InChI=1S/C11H21NO/c1-9(2)12-6-3-7-13-8-11(12)10-4-5-10/h9-11H,3-8H2,1-2H3/t11-/m0/s1. The summed E-state index contributed by atoms with van der Waals surface area (Å²) < 4.78 is 5.65. The van der Waals surface area contributed by atoms with E-state index in [2.05, 4.69) is 18.7 Å². The van der Waals surface area contributed by atoms with Gasteiger partial charge in [-0.05, 0) is 39.0 Å². The highest BCUT2D eigenvalue weighted by atomic mass is 16.5. The number of rotatable bonds is 2. The van der Waals surface area contributed by atoms with Crippen molar-refractivity contribution in [3.05, 3.63) is 0 Å². The first-order valence-electron chi connectivity index (χ1n) is 5.62. The molecule has 76 valence electrons. The molecule has 0 bridgehead atoms. The zero-order valence-electron chi connectivity index (χ0n) is 8.83. The van der Waals surface area contributed by atoms with Crippen molar-refractivity contribution in [2.24, 2.45) is 5.92 Å². The second kappa shape index (κ2) is 3.97. The number of hydrogen-bond acceptors (Lipinski definition) is 2. The Labute approximate surface area is 81.3 Å². The molecule has 2 rings (SSSR count). The predicted octanol–water partition coefficient (Wildman–Crippen LogP) is 1.90. The molecule has 1 saturated heterocycles. The van der Waals surface area contributed by atoms with E-state index < -0.39 is 0 Å². The van der Waals surface area contributed by atoms with Crippen molar-refractivity contribution in [1.29, 1.82) is 0 Å². The second-order valence-corrected chi connectivity index (χ2v) is 4.66. The molecular weight excluding hydrogens is 162 g/mol. The second-order valence-electron chi connectivity index (χ2n) is 4.66. The van der Waals surface area contributed by atoms with Gasteiger partial charge in [0.05, 0.1) is 6.61 Å². The van der Waals surface area contributed by atoms with Crippen LogP contribution in [-0.2, 0) is 4.74 Å². The Morgan fingerprint density at radius 1 is 1.31 bits per heavy atom. The minimum absolute atomic E-state index is 0.687. The van der Waals surface area contributed by atoms with Gasteiger partial charge in [-0.1, -0.05) is 0 Å². The van der Waals surface area contributed by atoms with Gasteiger partial charge in [0.1, 0.15) is 0 Å². The van der Waals surface area contributed by atoms with Crippen molar-refractivity contribution in [2.45, 2.75) is 45.2 Å². The molecule has 0 aromatic rings. The third-order valence-electron chi connectivity index (χ3n) is 3.25. The lowest BCUT2D eigenvalue weighted by Gasteiger charge is -2.32. The van der Waals surface area contributed by atoms with Gasteiger partial charge in [0.2, 0.25) is 0 Å². The molecule has 2 fully saturated rings. The summed E-state index contributed by atoms with van der Waals surface area (Å²) in [4.78, 5) is 2.64. The molecule has 0 aromatic heterocycles. The molecule has 1 aliphatic carbocycles. The van der Waals surface area contributed by atoms with Crippen molar-refractivity contribution >= 4 is 0 Å². The van der Waals surface area contributed by atoms with Crippen LogP contribution in [0.1, 0.15) is 33.1 Å². The largest absolute Gasteiger partial charge is 0.380 e. The summed E-state index contributed by atoms with van der Waals surface area (Å²) in [7, 11) is 0. The summed E-state index contributed by atoms with van der Waals surface area (Å²) in [6.45, 7) is 7.79. The Bertz CT molecular complexity index is 155. The lowest BCUT2D eigenvalue weighted by Crippen LogP contribution is -2.43. The average molecular weight is 183 g/mol. The van der Waals surface area contributed by atoms with Crippen LogP contribution < -0.4 is 0 Å². The molecule has 13 heavy (non-hydrogen) atoms. The lowest BCUT2D eigenvalue weighted by atomic mass is 10.1. The monoisotopic (exact) mass is 183 g/mol. The maximum atomic E-state index is 5.65. The van der Waals surface area contributed by atoms with Gasteiger partial charge in [0.25, 0.3) is 0 Å². The van der Waals surface area contributed by atoms with Gasteiger partial charge >= 0.3 is 0 Å². The highest BCUT2D eigenvalue weighted by molar-refractivity contribution is 4.90. The molecule has 0 spiro atoms. The quantitative estimate of drug-likeness (QED) is 0.648. The molecule has 0 unspecified atom stereocenters. The van der Waals surface area contributed by atoms with E-state index in [1.807, 2.05) is 0 Å². The molecule has 1 aliphatic heterocycles. The van der Waals surface area contributed by atoms with Crippen molar-refractivity contribution in [3.63, 3.8) is 0 Å². The maximum Gasteiger partial charge on any atom is 0.0624 e. The van der Waals surface area contributed by atoms with Gasteiger partial charge < -0.3 is 4.74 Å². The first-order valence-corrected chi connectivity index (χ1v) is 5.62. The topological polar surface area (TPSA) is 12.5 Å². The molecule has 0 radical (unpaired) electrons. The van der Waals surface area contributed by atoms with Crippen molar-refractivity contribution in [1.82, 2.24) is 4.90 Å². The van der Waals surface area contributed by atoms with E-state index >= 15 is 0 Å². The minimum atomic E-state index is 0.687. The van der Waals surface area contributed by atoms with E-state index in [0.717, 1.165) is 25.2 Å². The van der Waals surface area contributed by atoms with Crippen LogP contribution in [0, 0.1) is 5.92 Å². The first kappa shape index (κ1) is 9.47. The SMILES string of the molecule is CC(C)N1CCCOC[C@H]1C1CC1. The molecular formula is C11H21NO. The van der Waals surface area contributed by atoms with Gasteiger partial charge in [0, 0.05) is 25.2 Å². The summed E-state index contributed by atoms with van der Waals surface area (Å²) in [6, 6.07) is 1.41. The first-order chi connectivity index (χ1) is 6.29. The molecule has 1 heterocycles. The molecule has 0 amide bonds. The third-order valence-corrected chi connectivity index (χ3v) is 3.25. The Balaban J connectivity index is 1.99. The van der Waals surface area contributed by atoms with E-state index in [0.29, 0.717) is 6.04 Å². The Morgan fingerprint density at radius 2 is 2.08 bits per heavy atom. The molecule has 2 heteroatoms. The predicted molar refractivity (Wildman–Crippen MR) is 53.8 cm³/mol. The van der Waals surface area contributed by atoms with Gasteiger partial charge in [-0.15, -0.1) is 0 Å². The van der Waals surface area contributed by atoms with Crippen LogP contribution in [0.25, 0.3) is 0 Å². The fourth-order valence-electron chi connectivity index (χ4n) is 2.34.